The summed E-state index contributed by atoms with van der Waals surface area (Å²) in [6.07, 6.45) is 8.97. The van der Waals surface area contributed by atoms with Crippen LogP contribution in [0.15, 0.2) is 41.7 Å². The number of nitrogens with one attached hydrogen (secondary N) is 1. The van der Waals surface area contributed by atoms with Crippen LogP contribution in [0.5, 0.6) is 0 Å². The SMILES string of the molecule is CCCSc1nc(N2CCCCC2)c2cnn(CCNC(=O)CCCc3ccccc3)c2n1. The molecule has 1 fully saturated rings. The van der Waals surface area contributed by atoms with Crippen molar-refractivity contribution in [3.63, 3.8) is 0 Å². The van der Waals surface area contributed by atoms with Crippen LogP contribution in [-0.2, 0) is 17.8 Å². The second-order valence-corrected chi connectivity index (χ2v) is 9.58. The van der Waals surface area contributed by atoms with Crippen molar-refractivity contribution in [2.75, 3.05) is 30.3 Å². The van der Waals surface area contributed by atoms with E-state index in [1.54, 1.807) is 11.8 Å². The van der Waals surface area contributed by atoms with Gasteiger partial charge in [0.25, 0.3) is 0 Å². The van der Waals surface area contributed by atoms with Gasteiger partial charge in [0.2, 0.25) is 5.91 Å². The summed E-state index contributed by atoms with van der Waals surface area (Å²) >= 11 is 1.70. The Balaban J connectivity index is 1.37. The van der Waals surface area contributed by atoms with Gasteiger partial charge in [-0.3, -0.25) is 4.79 Å². The lowest BCUT2D eigenvalue weighted by atomic mass is 10.1. The van der Waals surface area contributed by atoms with E-state index in [-0.39, 0.29) is 5.91 Å². The van der Waals surface area contributed by atoms with E-state index >= 15 is 0 Å². The molecule has 176 valence electrons. The summed E-state index contributed by atoms with van der Waals surface area (Å²) in [6.45, 7) is 5.38. The molecule has 1 saturated heterocycles. The smallest absolute Gasteiger partial charge is 0.220 e. The fourth-order valence-corrected chi connectivity index (χ4v) is 4.87. The number of rotatable bonds is 11. The van der Waals surface area contributed by atoms with Crippen LogP contribution in [0.1, 0.15) is 51.0 Å². The normalized spacial score (nSPS) is 14.0. The van der Waals surface area contributed by atoms with Crippen molar-refractivity contribution in [2.24, 2.45) is 0 Å². The number of fused-ring (bicyclic) bond motifs is 1. The van der Waals surface area contributed by atoms with Crippen molar-refractivity contribution in [1.82, 2.24) is 25.1 Å². The molecule has 33 heavy (non-hydrogen) atoms. The summed E-state index contributed by atoms with van der Waals surface area (Å²) in [5.74, 6) is 2.10. The molecular formula is C25H34N6OS. The van der Waals surface area contributed by atoms with Gasteiger partial charge in [-0.15, -0.1) is 0 Å². The minimum atomic E-state index is 0.0882. The highest BCUT2D eigenvalue weighted by molar-refractivity contribution is 7.99. The zero-order chi connectivity index (χ0) is 22.9. The molecule has 0 atom stereocenters. The molecule has 8 heteroatoms. The quantitative estimate of drug-likeness (QED) is 0.332. The van der Waals surface area contributed by atoms with Crippen molar-refractivity contribution < 1.29 is 4.79 Å². The maximum atomic E-state index is 12.3. The Kier molecular flexibility index (Phi) is 8.58. The Labute approximate surface area is 200 Å². The minimum Gasteiger partial charge on any atom is -0.356 e. The molecule has 4 rings (SSSR count). The number of aromatic nitrogens is 4. The van der Waals surface area contributed by atoms with Gasteiger partial charge in [0.05, 0.1) is 18.1 Å². The molecule has 7 nitrogen and oxygen atoms in total. The summed E-state index contributed by atoms with van der Waals surface area (Å²) in [7, 11) is 0. The van der Waals surface area contributed by atoms with Gasteiger partial charge in [0, 0.05) is 31.8 Å². The highest BCUT2D eigenvalue weighted by Gasteiger charge is 2.20. The molecule has 0 bridgehead atoms. The fraction of sp³-hybridized carbons (Fsp3) is 0.520. The van der Waals surface area contributed by atoms with Gasteiger partial charge in [-0.2, -0.15) is 5.10 Å². The summed E-state index contributed by atoms with van der Waals surface area (Å²) in [4.78, 5) is 24.4. The van der Waals surface area contributed by atoms with Gasteiger partial charge < -0.3 is 10.2 Å². The number of thioether (sulfide) groups is 1. The first kappa shape index (κ1) is 23.5. The van der Waals surface area contributed by atoms with Crippen molar-refractivity contribution in [3.8, 4) is 0 Å². The molecule has 0 aliphatic carbocycles. The topological polar surface area (TPSA) is 75.9 Å². The van der Waals surface area contributed by atoms with E-state index in [2.05, 4.69) is 34.4 Å². The van der Waals surface area contributed by atoms with E-state index < -0.39 is 0 Å². The summed E-state index contributed by atoms with van der Waals surface area (Å²) < 4.78 is 1.91. The number of amides is 1. The molecule has 3 aromatic rings. The van der Waals surface area contributed by atoms with Crippen molar-refractivity contribution in [1.29, 1.82) is 0 Å². The van der Waals surface area contributed by atoms with Gasteiger partial charge >= 0.3 is 0 Å². The van der Waals surface area contributed by atoms with Crippen LogP contribution in [0.2, 0.25) is 0 Å². The summed E-state index contributed by atoms with van der Waals surface area (Å²) in [5, 5.41) is 9.46. The molecule has 0 saturated carbocycles. The van der Waals surface area contributed by atoms with E-state index in [0.29, 0.717) is 19.5 Å². The summed E-state index contributed by atoms with van der Waals surface area (Å²) in [5.41, 5.74) is 2.14. The van der Waals surface area contributed by atoms with Crippen LogP contribution in [0.4, 0.5) is 5.82 Å². The maximum absolute atomic E-state index is 12.3. The first-order valence-electron chi connectivity index (χ1n) is 12.2. The van der Waals surface area contributed by atoms with E-state index in [1.807, 2.05) is 29.1 Å². The third-order valence-electron chi connectivity index (χ3n) is 5.90. The maximum Gasteiger partial charge on any atom is 0.220 e. The van der Waals surface area contributed by atoms with E-state index in [9.17, 15) is 4.79 Å². The van der Waals surface area contributed by atoms with Gasteiger partial charge in [0.1, 0.15) is 5.82 Å². The molecule has 1 aliphatic rings. The molecule has 2 aromatic heterocycles. The number of hydrogen-bond acceptors (Lipinski definition) is 6. The third kappa shape index (κ3) is 6.47. The Morgan fingerprint density at radius 3 is 2.73 bits per heavy atom. The van der Waals surface area contributed by atoms with Crippen LogP contribution >= 0.6 is 11.8 Å². The zero-order valence-electron chi connectivity index (χ0n) is 19.5. The number of carbonyl (C=O) groups is 1. The number of aryl methyl sites for hydroxylation is 1. The minimum absolute atomic E-state index is 0.0882. The number of anilines is 1. The van der Waals surface area contributed by atoms with E-state index in [0.717, 1.165) is 60.1 Å². The second-order valence-electron chi connectivity index (χ2n) is 8.52. The molecule has 1 aromatic carbocycles. The van der Waals surface area contributed by atoms with Gasteiger partial charge in [-0.1, -0.05) is 49.0 Å². The standard InChI is InChI=1S/C25H34N6OS/c1-2-18-33-25-28-23(30-15-7-4-8-16-30)21-19-27-31(24(21)29-25)17-14-26-22(32)13-9-12-20-10-5-3-6-11-20/h3,5-6,10-11,19H,2,4,7-9,12-18H2,1H3,(H,26,32). The number of carbonyl (C=O) groups excluding carboxylic acids is 1. The average molecular weight is 467 g/mol. The van der Waals surface area contributed by atoms with Crippen LogP contribution in [0.3, 0.4) is 0 Å². The molecule has 0 radical (unpaired) electrons. The molecule has 0 unspecified atom stereocenters. The summed E-state index contributed by atoms with van der Waals surface area (Å²) in [6, 6.07) is 10.3. The lowest BCUT2D eigenvalue weighted by Gasteiger charge is -2.28. The van der Waals surface area contributed by atoms with Crippen LogP contribution in [0, 0.1) is 0 Å². The van der Waals surface area contributed by atoms with Gasteiger partial charge in [-0.25, -0.2) is 14.6 Å². The molecule has 1 amide bonds. The highest BCUT2D eigenvalue weighted by atomic mass is 32.2. The molecular weight excluding hydrogens is 432 g/mol. The zero-order valence-corrected chi connectivity index (χ0v) is 20.3. The molecule has 3 heterocycles. The van der Waals surface area contributed by atoms with Crippen molar-refractivity contribution in [3.05, 3.63) is 42.1 Å². The predicted octanol–water partition coefficient (Wildman–Crippen LogP) is 4.46. The lowest BCUT2D eigenvalue weighted by molar-refractivity contribution is -0.121. The van der Waals surface area contributed by atoms with Crippen LogP contribution < -0.4 is 10.2 Å². The molecule has 0 spiro atoms. The Hall–Kier alpha value is -2.61. The Bertz CT molecular complexity index is 1030. The second kappa shape index (κ2) is 12.0. The highest BCUT2D eigenvalue weighted by Crippen LogP contribution is 2.29. The number of piperidine rings is 1. The fourth-order valence-electron chi connectivity index (χ4n) is 4.18. The monoisotopic (exact) mass is 466 g/mol. The van der Waals surface area contributed by atoms with Crippen LogP contribution in [-0.4, -0.2) is 51.0 Å². The molecule has 1 N–H and O–H groups in total. The lowest BCUT2D eigenvalue weighted by Crippen LogP contribution is -2.30. The first-order valence-corrected chi connectivity index (χ1v) is 13.1. The Morgan fingerprint density at radius 1 is 1.12 bits per heavy atom. The Morgan fingerprint density at radius 2 is 1.94 bits per heavy atom. The van der Waals surface area contributed by atoms with Gasteiger partial charge in [0.15, 0.2) is 10.8 Å². The van der Waals surface area contributed by atoms with Crippen molar-refractivity contribution >= 4 is 34.5 Å². The van der Waals surface area contributed by atoms with E-state index in [4.69, 9.17) is 9.97 Å². The number of hydrogen-bond donors (Lipinski definition) is 1. The number of benzene rings is 1. The number of nitrogens with zero attached hydrogens (tertiary/aromatic N) is 5. The van der Waals surface area contributed by atoms with E-state index in [1.165, 1.54) is 24.8 Å². The first-order chi connectivity index (χ1) is 16.2. The predicted molar refractivity (Wildman–Crippen MR) is 135 cm³/mol. The largest absolute Gasteiger partial charge is 0.356 e. The third-order valence-corrected chi connectivity index (χ3v) is 6.96. The van der Waals surface area contributed by atoms with Crippen molar-refractivity contribution in [2.45, 2.75) is 63.6 Å². The molecule has 1 aliphatic heterocycles. The van der Waals surface area contributed by atoms with Crippen LogP contribution in [0.25, 0.3) is 11.0 Å². The average Bonchev–Trinajstić information content (AvgIpc) is 3.26. The van der Waals surface area contributed by atoms with Gasteiger partial charge in [-0.05, 0) is 44.1 Å².